The van der Waals surface area contributed by atoms with Crippen molar-refractivity contribution in [2.24, 2.45) is 0 Å². The number of nitrogens with zero attached hydrogens (tertiary/aromatic N) is 3. The molecular weight excluding hydrogens is 468 g/mol. The van der Waals surface area contributed by atoms with Gasteiger partial charge in [0.25, 0.3) is 17.3 Å². The lowest BCUT2D eigenvalue weighted by molar-refractivity contribution is -0.384. The van der Waals surface area contributed by atoms with E-state index in [0.29, 0.717) is 33.9 Å². The summed E-state index contributed by atoms with van der Waals surface area (Å²) in [6.07, 6.45) is 0. The van der Waals surface area contributed by atoms with Crippen LogP contribution in [0.4, 0.5) is 11.4 Å². The van der Waals surface area contributed by atoms with Crippen LogP contribution in [0.3, 0.4) is 0 Å². The summed E-state index contributed by atoms with van der Waals surface area (Å²) in [6, 6.07) is 6.88. The van der Waals surface area contributed by atoms with Crippen LogP contribution in [0.2, 0.25) is 5.02 Å². The predicted octanol–water partition coefficient (Wildman–Crippen LogP) is 4.77. The zero-order chi connectivity index (χ0) is 24.6. The minimum atomic E-state index is -0.807. The summed E-state index contributed by atoms with van der Waals surface area (Å²) in [5.74, 6) is -0.264. The molecule has 174 valence electrons. The van der Waals surface area contributed by atoms with E-state index >= 15 is 0 Å². The molecule has 11 nitrogen and oxygen atoms in total. The third-order valence-corrected chi connectivity index (χ3v) is 5.25. The van der Waals surface area contributed by atoms with Crippen LogP contribution < -0.4 is 5.32 Å². The summed E-state index contributed by atoms with van der Waals surface area (Å²) in [5, 5.41) is 17.7. The fourth-order valence-electron chi connectivity index (χ4n) is 3.40. The van der Waals surface area contributed by atoms with Crippen molar-refractivity contribution in [2.75, 3.05) is 11.9 Å². The fraction of sp³-hybridized carbons (Fsp3) is 0.182. The number of rotatable bonds is 6. The van der Waals surface area contributed by atoms with Gasteiger partial charge >= 0.3 is 5.97 Å². The second-order valence-corrected chi connectivity index (χ2v) is 7.78. The van der Waals surface area contributed by atoms with Crippen LogP contribution in [0.1, 0.15) is 27.6 Å². The maximum Gasteiger partial charge on any atom is 0.339 e. The van der Waals surface area contributed by atoms with Gasteiger partial charge in [-0.15, -0.1) is 0 Å². The van der Waals surface area contributed by atoms with Gasteiger partial charge in [-0.1, -0.05) is 16.8 Å². The van der Waals surface area contributed by atoms with Crippen LogP contribution >= 0.6 is 11.6 Å². The zero-order valence-corrected chi connectivity index (χ0v) is 18.9. The van der Waals surface area contributed by atoms with E-state index in [1.807, 2.05) is 0 Å². The lowest BCUT2D eigenvalue weighted by Gasteiger charge is -2.09. The number of pyridine rings is 1. The number of aryl methyl sites for hydroxylation is 3. The van der Waals surface area contributed by atoms with Gasteiger partial charge in [0.1, 0.15) is 11.5 Å². The van der Waals surface area contributed by atoms with Gasteiger partial charge in [-0.3, -0.25) is 14.9 Å². The lowest BCUT2D eigenvalue weighted by Crippen LogP contribution is -2.21. The lowest BCUT2D eigenvalue weighted by atomic mass is 10.1. The third kappa shape index (κ3) is 4.46. The van der Waals surface area contributed by atoms with E-state index in [1.165, 1.54) is 18.2 Å². The summed E-state index contributed by atoms with van der Waals surface area (Å²) < 4.78 is 16.0. The van der Waals surface area contributed by atoms with Crippen molar-refractivity contribution in [3.8, 4) is 11.3 Å². The molecule has 1 aromatic carbocycles. The number of hydrogen-bond donors (Lipinski definition) is 1. The molecule has 0 aliphatic rings. The number of nitrogens with one attached hydrogen (secondary N) is 1. The number of aromatic nitrogens is 2. The number of benzene rings is 1. The Labute approximate surface area is 196 Å². The molecule has 12 heteroatoms. The minimum Gasteiger partial charge on any atom is -0.466 e. The van der Waals surface area contributed by atoms with E-state index in [2.05, 4.69) is 15.5 Å². The van der Waals surface area contributed by atoms with Gasteiger partial charge in [0.2, 0.25) is 0 Å². The molecular formula is C22H17ClN4O7. The Morgan fingerprint density at radius 3 is 2.65 bits per heavy atom. The summed E-state index contributed by atoms with van der Waals surface area (Å²) in [6.45, 7) is 4.54. The first-order chi connectivity index (χ1) is 16.1. The number of fused-ring (bicyclic) bond motifs is 1. The van der Waals surface area contributed by atoms with Crippen molar-refractivity contribution in [1.29, 1.82) is 0 Å². The summed E-state index contributed by atoms with van der Waals surface area (Å²) in [5.41, 5.74) is 1.51. The molecule has 3 aromatic heterocycles. The Bertz CT molecular complexity index is 1460. The molecule has 0 aliphatic heterocycles. The zero-order valence-electron chi connectivity index (χ0n) is 18.2. The molecule has 0 unspecified atom stereocenters. The highest BCUT2D eigenvalue weighted by Gasteiger charge is 2.23. The number of anilines is 1. The van der Waals surface area contributed by atoms with Crippen LogP contribution in [0.5, 0.6) is 0 Å². The second-order valence-electron chi connectivity index (χ2n) is 7.38. The van der Waals surface area contributed by atoms with Crippen LogP contribution in [0.25, 0.3) is 22.4 Å². The average Bonchev–Trinajstić information content (AvgIpc) is 3.33. The number of ether oxygens (including phenoxy) is 1. The molecule has 1 amide bonds. The van der Waals surface area contributed by atoms with Crippen molar-refractivity contribution in [2.45, 2.75) is 20.8 Å². The molecule has 3 heterocycles. The Morgan fingerprint density at radius 1 is 1.21 bits per heavy atom. The van der Waals surface area contributed by atoms with Crippen LogP contribution in [-0.4, -0.2) is 33.5 Å². The van der Waals surface area contributed by atoms with Crippen molar-refractivity contribution in [3.05, 3.63) is 68.2 Å². The van der Waals surface area contributed by atoms with E-state index in [-0.39, 0.29) is 27.7 Å². The molecule has 0 saturated heterocycles. The summed E-state index contributed by atoms with van der Waals surface area (Å²) in [4.78, 5) is 40.0. The van der Waals surface area contributed by atoms with Crippen LogP contribution in [0.15, 0.2) is 39.3 Å². The van der Waals surface area contributed by atoms with E-state index in [9.17, 15) is 19.7 Å². The number of nitro benzene ring substituents is 1. The summed E-state index contributed by atoms with van der Waals surface area (Å²) >= 11 is 5.99. The molecule has 34 heavy (non-hydrogen) atoms. The van der Waals surface area contributed by atoms with Gasteiger partial charge in [0, 0.05) is 17.7 Å². The highest BCUT2D eigenvalue weighted by Crippen LogP contribution is 2.31. The quantitative estimate of drug-likeness (QED) is 0.232. The molecule has 0 fully saturated rings. The first-order valence-corrected chi connectivity index (χ1v) is 10.3. The highest BCUT2D eigenvalue weighted by molar-refractivity contribution is 6.33. The Hall–Kier alpha value is -4.25. The number of carbonyl (C=O) groups excluding carboxylic acids is 2. The predicted molar refractivity (Wildman–Crippen MR) is 121 cm³/mol. The van der Waals surface area contributed by atoms with Crippen molar-refractivity contribution < 1.29 is 28.2 Å². The Kier molecular flexibility index (Phi) is 6.03. The maximum atomic E-state index is 12.9. The van der Waals surface area contributed by atoms with Gasteiger partial charge < -0.3 is 19.0 Å². The van der Waals surface area contributed by atoms with Crippen LogP contribution in [0, 0.1) is 30.9 Å². The number of hydrogen-bond acceptors (Lipinski definition) is 9. The standard InChI is InChI=1S/C22H17ClN4O7/c1-10-6-14(12(3)33-10)17-8-15(20-11(2)26-34-21(20)25-17)22(29)32-9-19(28)24-18-7-13(27(30)31)4-5-16(18)23/h4-8H,9H2,1-3H3,(H,24,28). The fourth-order valence-corrected chi connectivity index (χ4v) is 3.56. The third-order valence-electron chi connectivity index (χ3n) is 4.92. The first-order valence-electron chi connectivity index (χ1n) is 9.89. The summed E-state index contributed by atoms with van der Waals surface area (Å²) in [7, 11) is 0. The molecule has 1 N–H and O–H groups in total. The topological polar surface area (TPSA) is 151 Å². The molecule has 0 saturated carbocycles. The van der Waals surface area contributed by atoms with Gasteiger partial charge in [0.15, 0.2) is 6.61 Å². The Balaban J connectivity index is 1.57. The molecule has 0 atom stereocenters. The monoisotopic (exact) mass is 484 g/mol. The largest absolute Gasteiger partial charge is 0.466 e. The normalized spacial score (nSPS) is 10.9. The Morgan fingerprint density at radius 2 is 1.97 bits per heavy atom. The van der Waals surface area contributed by atoms with E-state index in [1.54, 1.807) is 26.8 Å². The highest BCUT2D eigenvalue weighted by atomic mass is 35.5. The second kappa shape index (κ2) is 8.94. The number of furan rings is 1. The number of amides is 1. The average molecular weight is 485 g/mol. The van der Waals surface area contributed by atoms with Gasteiger partial charge in [-0.05, 0) is 39.0 Å². The molecule has 0 spiro atoms. The van der Waals surface area contributed by atoms with Gasteiger partial charge in [-0.2, -0.15) is 0 Å². The van der Waals surface area contributed by atoms with E-state index in [0.717, 1.165) is 6.07 Å². The number of esters is 1. The van der Waals surface area contributed by atoms with Crippen molar-refractivity contribution in [3.63, 3.8) is 0 Å². The maximum absolute atomic E-state index is 12.9. The number of non-ortho nitro benzene ring substituents is 1. The van der Waals surface area contributed by atoms with Crippen molar-refractivity contribution >= 4 is 46.0 Å². The van der Waals surface area contributed by atoms with E-state index in [4.69, 9.17) is 25.3 Å². The minimum absolute atomic E-state index is 0.0196. The molecule has 0 bridgehead atoms. The molecule has 4 aromatic rings. The molecule has 4 rings (SSSR count). The van der Waals surface area contributed by atoms with Gasteiger partial charge in [0.05, 0.1) is 38.0 Å². The first kappa shape index (κ1) is 22.9. The van der Waals surface area contributed by atoms with Gasteiger partial charge in [-0.25, -0.2) is 9.78 Å². The van der Waals surface area contributed by atoms with E-state index < -0.39 is 23.4 Å². The molecule has 0 aliphatic carbocycles. The smallest absolute Gasteiger partial charge is 0.339 e. The number of nitro groups is 1. The number of halogens is 1. The van der Waals surface area contributed by atoms with Crippen LogP contribution in [-0.2, 0) is 9.53 Å². The SMILES string of the molecule is Cc1cc(-c2cc(C(=O)OCC(=O)Nc3cc([N+](=O)[O-])ccc3Cl)c3c(C)noc3n2)c(C)o1. The van der Waals surface area contributed by atoms with Crippen molar-refractivity contribution in [1.82, 2.24) is 10.1 Å². The number of carbonyl (C=O) groups is 2. The molecule has 0 radical (unpaired) electrons.